The number of nitro groups is 1. The van der Waals surface area contributed by atoms with Gasteiger partial charge in [-0.1, -0.05) is 24.3 Å². The van der Waals surface area contributed by atoms with E-state index in [0.717, 1.165) is 25.3 Å². The first-order chi connectivity index (χ1) is 11.3. The first kappa shape index (κ1) is 16.4. The van der Waals surface area contributed by atoms with Crippen molar-refractivity contribution in [3.63, 3.8) is 0 Å². The predicted molar refractivity (Wildman–Crippen MR) is 90.3 cm³/mol. The standard InChI is InChI=1S/C16H17N3O4S/c17-24(22,23)16-9-14(8-15(10-16)19(20)21)18-13-6-5-11-3-1-2-4-12(11)7-13/h1-4,8-10,13,18H,5-7H2,(H2,17,22,23)/t13-/m1/s1. The minimum absolute atomic E-state index is 0.0789. The summed E-state index contributed by atoms with van der Waals surface area (Å²) in [5.41, 5.74) is 2.62. The highest BCUT2D eigenvalue weighted by molar-refractivity contribution is 7.89. The number of hydrogen-bond donors (Lipinski definition) is 2. The number of fused-ring (bicyclic) bond motifs is 1. The maximum Gasteiger partial charge on any atom is 0.272 e. The molecule has 0 heterocycles. The molecule has 0 amide bonds. The smallest absolute Gasteiger partial charge is 0.272 e. The van der Waals surface area contributed by atoms with E-state index >= 15 is 0 Å². The van der Waals surface area contributed by atoms with Crippen molar-refractivity contribution in [1.82, 2.24) is 0 Å². The fourth-order valence-corrected chi connectivity index (χ4v) is 3.57. The average molecular weight is 347 g/mol. The van der Waals surface area contributed by atoms with E-state index in [1.54, 1.807) is 0 Å². The van der Waals surface area contributed by atoms with Crippen LogP contribution in [0.1, 0.15) is 17.5 Å². The summed E-state index contributed by atoms with van der Waals surface area (Å²) in [7, 11) is -4.02. The molecular formula is C16H17N3O4S. The summed E-state index contributed by atoms with van der Waals surface area (Å²) in [6.07, 6.45) is 2.55. The van der Waals surface area contributed by atoms with E-state index in [-0.39, 0.29) is 16.6 Å². The van der Waals surface area contributed by atoms with Gasteiger partial charge in [-0.05, 0) is 36.5 Å². The van der Waals surface area contributed by atoms with Gasteiger partial charge in [0.05, 0.1) is 9.82 Å². The van der Waals surface area contributed by atoms with E-state index in [1.165, 1.54) is 23.3 Å². The molecule has 0 fully saturated rings. The molecule has 0 unspecified atom stereocenters. The Labute approximate surface area is 139 Å². The van der Waals surface area contributed by atoms with Crippen molar-refractivity contribution in [1.29, 1.82) is 0 Å². The minimum atomic E-state index is -4.02. The van der Waals surface area contributed by atoms with Gasteiger partial charge in [0.2, 0.25) is 10.0 Å². The molecule has 0 spiro atoms. The Bertz CT molecular complexity index is 896. The molecule has 8 heteroatoms. The summed E-state index contributed by atoms with van der Waals surface area (Å²) < 4.78 is 23.1. The van der Waals surface area contributed by atoms with Gasteiger partial charge in [0.25, 0.3) is 5.69 Å². The summed E-state index contributed by atoms with van der Waals surface area (Å²) in [5, 5.41) is 19.3. The van der Waals surface area contributed by atoms with Crippen LogP contribution < -0.4 is 10.5 Å². The van der Waals surface area contributed by atoms with Crippen LogP contribution in [0.2, 0.25) is 0 Å². The molecule has 0 saturated heterocycles. The van der Waals surface area contributed by atoms with E-state index in [2.05, 4.69) is 17.4 Å². The maximum absolute atomic E-state index is 11.5. The number of hydrogen-bond acceptors (Lipinski definition) is 5. The Morgan fingerprint density at radius 2 is 1.88 bits per heavy atom. The Morgan fingerprint density at radius 1 is 1.17 bits per heavy atom. The number of benzene rings is 2. The molecule has 2 aromatic rings. The zero-order chi connectivity index (χ0) is 17.3. The first-order valence-electron chi connectivity index (χ1n) is 7.48. The van der Waals surface area contributed by atoms with Crippen LogP contribution in [0.25, 0.3) is 0 Å². The van der Waals surface area contributed by atoms with Crippen LogP contribution in [-0.2, 0) is 22.9 Å². The molecule has 1 aliphatic carbocycles. The normalized spacial score (nSPS) is 17.1. The lowest BCUT2D eigenvalue weighted by Gasteiger charge is -2.26. The topological polar surface area (TPSA) is 115 Å². The molecular weight excluding hydrogens is 330 g/mol. The summed E-state index contributed by atoms with van der Waals surface area (Å²) >= 11 is 0. The van der Waals surface area contributed by atoms with Crippen molar-refractivity contribution in [3.05, 3.63) is 63.7 Å². The highest BCUT2D eigenvalue weighted by atomic mass is 32.2. The van der Waals surface area contributed by atoms with Crippen LogP contribution in [0.3, 0.4) is 0 Å². The maximum atomic E-state index is 11.5. The summed E-state index contributed by atoms with van der Waals surface area (Å²) in [6, 6.07) is 11.9. The minimum Gasteiger partial charge on any atom is -0.382 e. The van der Waals surface area contributed by atoms with Gasteiger partial charge in [0.1, 0.15) is 0 Å². The zero-order valence-electron chi connectivity index (χ0n) is 12.8. The number of rotatable bonds is 4. The molecule has 0 saturated carbocycles. The van der Waals surface area contributed by atoms with E-state index in [0.29, 0.717) is 5.69 Å². The fraction of sp³-hybridized carbons (Fsp3) is 0.250. The van der Waals surface area contributed by atoms with Crippen molar-refractivity contribution in [3.8, 4) is 0 Å². The molecule has 7 nitrogen and oxygen atoms in total. The molecule has 0 aliphatic heterocycles. The van der Waals surface area contributed by atoms with E-state index < -0.39 is 14.9 Å². The lowest BCUT2D eigenvalue weighted by molar-refractivity contribution is -0.385. The van der Waals surface area contributed by atoms with Crippen LogP contribution >= 0.6 is 0 Å². The highest BCUT2D eigenvalue weighted by Gasteiger charge is 2.21. The van der Waals surface area contributed by atoms with Gasteiger partial charge < -0.3 is 5.32 Å². The van der Waals surface area contributed by atoms with Crippen LogP contribution in [0.4, 0.5) is 11.4 Å². The number of anilines is 1. The quantitative estimate of drug-likeness (QED) is 0.650. The molecule has 3 rings (SSSR count). The van der Waals surface area contributed by atoms with E-state index in [1.807, 2.05) is 12.1 Å². The number of nitrogens with zero attached hydrogens (tertiary/aromatic N) is 1. The molecule has 126 valence electrons. The average Bonchev–Trinajstić information content (AvgIpc) is 2.53. The van der Waals surface area contributed by atoms with Crippen molar-refractivity contribution in [2.45, 2.75) is 30.2 Å². The highest BCUT2D eigenvalue weighted by Crippen LogP contribution is 2.27. The van der Waals surface area contributed by atoms with Crippen molar-refractivity contribution >= 4 is 21.4 Å². The van der Waals surface area contributed by atoms with Crippen molar-refractivity contribution < 1.29 is 13.3 Å². The number of nitrogens with one attached hydrogen (secondary N) is 1. The zero-order valence-corrected chi connectivity index (χ0v) is 13.6. The van der Waals surface area contributed by atoms with Crippen LogP contribution in [-0.4, -0.2) is 19.4 Å². The number of aryl methyl sites for hydroxylation is 1. The number of nitrogens with two attached hydrogens (primary N) is 1. The first-order valence-corrected chi connectivity index (χ1v) is 9.03. The Hall–Kier alpha value is -2.45. The van der Waals surface area contributed by atoms with Gasteiger partial charge in [-0.25, -0.2) is 13.6 Å². The summed E-state index contributed by atoms with van der Waals surface area (Å²) in [5.74, 6) is 0. The molecule has 0 aromatic heterocycles. The number of non-ortho nitro benzene ring substituents is 1. The molecule has 24 heavy (non-hydrogen) atoms. The second-order valence-electron chi connectivity index (χ2n) is 5.87. The van der Waals surface area contributed by atoms with Gasteiger partial charge >= 0.3 is 0 Å². The van der Waals surface area contributed by atoms with Gasteiger partial charge in [0, 0.05) is 23.9 Å². The molecule has 0 radical (unpaired) electrons. The van der Waals surface area contributed by atoms with Gasteiger partial charge in [-0.2, -0.15) is 0 Å². The Balaban J connectivity index is 1.88. The second kappa shape index (κ2) is 6.21. The number of sulfonamides is 1. The molecule has 3 N–H and O–H groups in total. The Kier molecular flexibility index (Phi) is 4.25. The van der Waals surface area contributed by atoms with E-state index in [9.17, 15) is 18.5 Å². The third-order valence-electron chi connectivity index (χ3n) is 4.15. The SMILES string of the molecule is NS(=O)(=O)c1cc(N[C@@H]2CCc3ccccc3C2)cc([N+](=O)[O-])c1. The fourth-order valence-electron chi connectivity index (χ4n) is 2.99. The monoisotopic (exact) mass is 347 g/mol. The van der Waals surface area contributed by atoms with E-state index in [4.69, 9.17) is 5.14 Å². The number of nitro benzene ring substituents is 1. The number of primary sulfonamides is 1. The second-order valence-corrected chi connectivity index (χ2v) is 7.43. The van der Waals surface area contributed by atoms with Crippen LogP contribution in [0, 0.1) is 10.1 Å². The third-order valence-corrected chi connectivity index (χ3v) is 5.04. The summed E-state index contributed by atoms with van der Waals surface area (Å²) in [6.45, 7) is 0. The van der Waals surface area contributed by atoms with Crippen LogP contribution in [0.5, 0.6) is 0 Å². The van der Waals surface area contributed by atoms with Crippen molar-refractivity contribution in [2.75, 3.05) is 5.32 Å². The lowest BCUT2D eigenvalue weighted by atomic mass is 9.88. The van der Waals surface area contributed by atoms with Gasteiger partial charge in [-0.3, -0.25) is 10.1 Å². The molecule has 1 aliphatic rings. The van der Waals surface area contributed by atoms with Gasteiger partial charge in [-0.15, -0.1) is 0 Å². The van der Waals surface area contributed by atoms with Crippen molar-refractivity contribution in [2.24, 2.45) is 5.14 Å². The largest absolute Gasteiger partial charge is 0.382 e. The summed E-state index contributed by atoms with van der Waals surface area (Å²) in [4.78, 5) is 10.1. The Morgan fingerprint density at radius 3 is 2.54 bits per heavy atom. The molecule has 0 bridgehead atoms. The van der Waals surface area contributed by atoms with Gasteiger partial charge in [0.15, 0.2) is 0 Å². The third kappa shape index (κ3) is 3.55. The molecule has 1 atom stereocenters. The van der Waals surface area contributed by atoms with Crippen LogP contribution in [0.15, 0.2) is 47.4 Å². The lowest BCUT2D eigenvalue weighted by Crippen LogP contribution is -2.27. The molecule has 2 aromatic carbocycles. The predicted octanol–water partition coefficient (Wildman–Crippen LogP) is 2.21.